The van der Waals surface area contributed by atoms with Crippen LogP contribution < -0.4 is 5.73 Å². The summed E-state index contributed by atoms with van der Waals surface area (Å²) >= 11 is 0. The third-order valence-corrected chi connectivity index (χ3v) is 3.68. The lowest BCUT2D eigenvalue weighted by molar-refractivity contribution is -0.384. The van der Waals surface area contributed by atoms with Crippen molar-refractivity contribution >= 4 is 11.5 Å². The maximum atomic E-state index is 14.1. The van der Waals surface area contributed by atoms with E-state index in [-0.39, 0.29) is 28.3 Å². The van der Waals surface area contributed by atoms with Crippen LogP contribution in [-0.2, 0) is 0 Å². The van der Waals surface area contributed by atoms with E-state index in [0.717, 1.165) is 0 Å². The van der Waals surface area contributed by atoms with Gasteiger partial charge in [-0.15, -0.1) is 0 Å². The molecule has 1 heterocycles. The maximum absolute atomic E-state index is 14.1. The van der Waals surface area contributed by atoms with Crippen molar-refractivity contribution < 1.29 is 9.31 Å². The predicted molar refractivity (Wildman–Crippen MR) is 90.8 cm³/mol. The van der Waals surface area contributed by atoms with Crippen LogP contribution in [0.2, 0.25) is 0 Å². The van der Waals surface area contributed by atoms with Gasteiger partial charge in [-0.3, -0.25) is 10.1 Å². The van der Waals surface area contributed by atoms with Crippen LogP contribution in [0.3, 0.4) is 0 Å². The standard InChI is InChI=1S/C18H11FN4O2/c19-16-7-2-1-6-13(16)17-9-14(15(10-20)18(21)22-17)11-4-3-5-12(8-11)23(24)25/h1-9H,(H2,21,22). The molecular weight excluding hydrogens is 323 g/mol. The number of nitrogens with two attached hydrogens (primary N) is 1. The minimum atomic E-state index is -0.530. The van der Waals surface area contributed by atoms with Crippen LogP contribution in [0.5, 0.6) is 0 Å². The van der Waals surface area contributed by atoms with Gasteiger partial charge in [-0.25, -0.2) is 9.37 Å². The zero-order valence-corrected chi connectivity index (χ0v) is 12.8. The van der Waals surface area contributed by atoms with Gasteiger partial charge in [0.1, 0.15) is 23.3 Å². The molecule has 2 aromatic carbocycles. The molecule has 0 atom stereocenters. The third-order valence-electron chi connectivity index (χ3n) is 3.68. The molecule has 25 heavy (non-hydrogen) atoms. The number of nitrogens with zero attached hydrogens (tertiary/aromatic N) is 3. The largest absolute Gasteiger partial charge is 0.383 e. The molecule has 0 fully saturated rings. The Labute approximate surface area is 142 Å². The van der Waals surface area contributed by atoms with Crippen LogP contribution >= 0.6 is 0 Å². The van der Waals surface area contributed by atoms with Crippen molar-refractivity contribution in [2.75, 3.05) is 5.73 Å². The minimum Gasteiger partial charge on any atom is -0.383 e. The number of benzene rings is 2. The van der Waals surface area contributed by atoms with Crippen molar-refractivity contribution in [3.05, 3.63) is 76.1 Å². The maximum Gasteiger partial charge on any atom is 0.270 e. The summed E-state index contributed by atoms with van der Waals surface area (Å²) < 4.78 is 14.1. The summed E-state index contributed by atoms with van der Waals surface area (Å²) in [7, 11) is 0. The first-order chi connectivity index (χ1) is 12.0. The Morgan fingerprint density at radius 2 is 1.88 bits per heavy atom. The number of non-ortho nitro benzene ring substituents is 1. The Hall–Kier alpha value is -3.79. The Morgan fingerprint density at radius 3 is 2.56 bits per heavy atom. The lowest BCUT2D eigenvalue weighted by Crippen LogP contribution is -2.00. The zero-order chi connectivity index (χ0) is 18.0. The van der Waals surface area contributed by atoms with Gasteiger partial charge in [0.25, 0.3) is 5.69 Å². The lowest BCUT2D eigenvalue weighted by Gasteiger charge is -2.10. The number of hydrogen-bond donors (Lipinski definition) is 1. The van der Waals surface area contributed by atoms with Crippen molar-refractivity contribution in [1.82, 2.24) is 4.98 Å². The molecule has 0 unspecified atom stereocenters. The molecule has 0 aliphatic heterocycles. The molecule has 2 N–H and O–H groups in total. The Bertz CT molecular complexity index is 1030. The van der Waals surface area contributed by atoms with Gasteiger partial charge in [-0.1, -0.05) is 24.3 Å². The summed E-state index contributed by atoms with van der Waals surface area (Å²) in [5.74, 6) is -0.547. The molecule has 0 amide bonds. The van der Waals surface area contributed by atoms with E-state index in [1.165, 1.54) is 30.3 Å². The number of anilines is 1. The summed E-state index contributed by atoms with van der Waals surface area (Å²) in [5, 5.41) is 20.4. The fourth-order valence-corrected chi connectivity index (χ4v) is 2.50. The van der Waals surface area contributed by atoms with E-state index in [0.29, 0.717) is 11.1 Å². The zero-order valence-electron chi connectivity index (χ0n) is 12.8. The van der Waals surface area contributed by atoms with Crippen LogP contribution in [0.1, 0.15) is 5.56 Å². The predicted octanol–water partition coefficient (Wildman–Crippen LogP) is 3.92. The quantitative estimate of drug-likeness (QED) is 0.577. The number of nitrogen functional groups attached to an aromatic ring is 1. The van der Waals surface area contributed by atoms with Gasteiger partial charge in [-0.05, 0) is 23.8 Å². The van der Waals surface area contributed by atoms with Gasteiger partial charge in [0.15, 0.2) is 0 Å². The fourth-order valence-electron chi connectivity index (χ4n) is 2.50. The molecule has 3 aromatic rings. The van der Waals surface area contributed by atoms with Gasteiger partial charge in [0.2, 0.25) is 0 Å². The molecular formula is C18H11FN4O2. The highest BCUT2D eigenvalue weighted by atomic mass is 19.1. The van der Waals surface area contributed by atoms with Crippen LogP contribution in [0.25, 0.3) is 22.4 Å². The normalized spacial score (nSPS) is 10.2. The minimum absolute atomic E-state index is 0.0650. The number of hydrogen-bond acceptors (Lipinski definition) is 5. The number of nitro benzene ring substituents is 1. The summed E-state index contributed by atoms with van der Waals surface area (Å²) in [5.41, 5.74) is 7.09. The van der Waals surface area contributed by atoms with E-state index in [1.54, 1.807) is 24.3 Å². The van der Waals surface area contributed by atoms with Gasteiger partial charge < -0.3 is 5.73 Å². The first-order valence-corrected chi connectivity index (χ1v) is 7.21. The highest BCUT2D eigenvalue weighted by Crippen LogP contribution is 2.33. The number of nitriles is 1. The van der Waals surface area contributed by atoms with Crippen LogP contribution in [0.15, 0.2) is 54.6 Å². The Morgan fingerprint density at radius 1 is 1.12 bits per heavy atom. The van der Waals surface area contributed by atoms with Gasteiger partial charge in [0, 0.05) is 23.3 Å². The van der Waals surface area contributed by atoms with E-state index in [2.05, 4.69) is 4.98 Å². The fraction of sp³-hybridized carbons (Fsp3) is 0. The molecule has 0 aliphatic rings. The molecule has 7 heteroatoms. The SMILES string of the molecule is N#Cc1c(-c2cccc([N+](=O)[O-])c2)cc(-c2ccccc2F)nc1N. The summed E-state index contributed by atoms with van der Waals surface area (Å²) in [6.07, 6.45) is 0. The van der Waals surface area contributed by atoms with Gasteiger partial charge in [-0.2, -0.15) is 5.26 Å². The molecule has 0 radical (unpaired) electrons. The van der Waals surface area contributed by atoms with Crippen LogP contribution in [-0.4, -0.2) is 9.91 Å². The third kappa shape index (κ3) is 3.01. The molecule has 0 saturated carbocycles. The second kappa shape index (κ2) is 6.37. The van der Waals surface area contributed by atoms with Crippen molar-refractivity contribution in [1.29, 1.82) is 5.26 Å². The number of halogens is 1. The average molecular weight is 334 g/mol. The topological polar surface area (TPSA) is 106 Å². The number of aromatic nitrogens is 1. The number of rotatable bonds is 3. The van der Waals surface area contributed by atoms with Crippen molar-refractivity contribution in [3.8, 4) is 28.5 Å². The molecule has 0 aliphatic carbocycles. The highest BCUT2D eigenvalue weighted by Gasteiger charge is 2.17. The monoisotopic (exact) mass is 334 g/mol. The summed E-state index contributed by atoms with van der Waals surface area (Å²) in [6.45, 7) is 0. The second-order valence-electron chi connectivity index (χ2n) is 5.21. The highest BCUT2D eigenvalue weighted by molar-refractivity contribution is 5.81. The number of pyridine rings is 1. The van der Waals surface area contributed by atoms with Crippen LogP contribution in [0.4, 0.5) is 15.9 Å². The number of nitro groups is 1. The summed E-state index contributed by atoms with van der Waals surface area (Å²) in [4.78, 5) is 14.6. The molecule has 3 rings (SSSR count). The molecule has 0 spiro atoms. The van der Waals surface area contributed by atoms with Gasteiger partial charge in [0.05, 0.1) is 10.6 Å². The molecule has 122 valence electrons. The van der Waals surface area contributed by atoms with E-state index < -0.39 is 10.7 Å². The summed E-state index contributed by atoms with van der Waals surface area (Å²) in [6, 6.07) is 15.3. The van der Waals surface area contributed by atoms with E-state index in [4.69, 9.17) is 5.73 Å². The molecule has 0 bridgehead atoms. The Kier molecular flexibility index (Phi) is 4.10. The average Bonchev–Trinajstić information content (AvgIpc) is 2.61. The first kappa shape index (κ1) is 16.1. The van der Waals surface area contributed by atoms with Crippen molar-refractivity contribution in [3.63, 3.8) is 0 Å². The van der Waals surface area contributed by atoms with Crippen LogP contribution in [0, 0.1) is 27.3 Å². The smallest absolute Gasteiger partial charge is 0.270 e. The van der Waals surface area contributed by atoms with E-state index >= 15 is 0 Å². The van der Waals surface area contributed by atoms with Crippen molar-refractivity contribution in [2.24, 2.45) is 0 Å². The van der Waals surface area contributed by atoms with Crippen molar-refractivity contribution in [2.45, 2.75) is 0 Å². The molecule has 6 nitrogen and oxygen atoms in total. The first-order valence-electron chi connectivity index (χ1n) is 7.21. The Balaban J connectivity index is 2.26. The van der Waals surface area contributed by atoms with E-state index in [1.807, 2.05) is 6.07 Å². The van der Waals surface area contributed by atoms with E-state index in [9.17, 15) is 19.8 Å². The molecule has 0 saturated heterocycles. The second-order valence-corrected chi connectivity index (χ2v) is 5.21. The van der Waals surface area contributed by atoms with Gasteiger partial charge >= 0.3 is 0 Å². The molecule has 1 aromatic heterocycles. The lowest BCUT2D eigenvalue weighted by atomic mass is 9.98.